The van der Waals surface area contributed by atoms with Crippen molar-refractivity contribution >= 4 is 5.91 Å². The molecule has 2 aromatic heterocycles. The molecule has 7 heteroatoms. The Morgan fingerprint density at radius 2 is 2.00 bits per heavy atom. The highest BCUT2D eigenvalue weighted by Gasteiger charge is 2.28. The van der Waals surface area contributed by atoms with Gasteiger partial charge in [0.1, 0.15) is 11.9 Å². The number of aryl methyl sites for hydroxylation is 2. The molecule has 0 aliphatic carbocycles. The van der Waals surface area contributed by atoms with Gasteiger partial charge in [0.2, 0.25) is 5.88 Å². The Morgan fingerprint density at radius 1 is 1.18 bits per heavy atom. The van der Waals surface area contributed by atoms with Crippen LogP contribution in [-0.4, -0.2) is 45.1 Å². The predicted molar refractivity (Wildman–Crippen MR) is 103 cm³/mol. The molecule has 1 amide bonds. The fourth-order valence-corrected chi connectivity index (χ4v) is 3.41. The maximum atomic E-state index is 12.9. The molecule has 1 atom stereocenters. The van der Waals surface area contributed by atoms with Gasteiger partial charge in [0.15, 0.2) is 11.5 Å². The number of hydrogen-bond acceptors (Lipinski definition) is 6. The van der Waals surface area contributed by atoms with E-state index in [2.05, 4.69) is 15.1 Å². The molecule has 0 radical (unpaired) electrons. The van der Waals surface area contributed by atoms with Gasteiger partial charge in [-0.05, 0) is 26.7 Å². The van der Waals surface area contributed by atoms with Crippen molar-refractivity contribution in [2.75, 3.05) is 13.1 Å². The van der Waals surface area contributed by atoms with E-state index in [0.717, 1.165) is 24.1 Å². The molecule has 7 nitrogen and oxygen atoms in total. The highest BCUT2D eigenvalue weighted by molar-refractivity contribution is 5.93. The van der Waals surface area contributed by atoms with E-state index in [1.54, 1.807) is 11.0 Å². The van der Waals surface area contributed by atoms with Crippen molar-refractivity contribution in [3.05, 3.63) is 59.7 Å². The van der Waals surface area contributed by atoms with Crippen molar-refractivity contribution < 1.29 is 14.1 Å². The number of amides is 1. The Labute approximate surface area is 163 Å². The average Bonchev–Trinajstić information content (AvgIpc) is 3.18. The van der Waals surface area contributed by atoms with Gasteiger partial charge in [-0.15, -0.1) is 0 Å². The molecule has 1 unspecified atom stereocenters. The standard InChI is InChI=1S/C21H22N4O3/c1-14-11-20(23-15(2)22-14)27-17-9-6-10-25(13-17)21(26)18-12-19(28-24-18)16-7-4-3-5-8-16/h3-5,7-8,11-12,17H,6,9-10,13H2,1-2H3. The van der Waals surface area contributed by atoms with Crippen LogP contribution in [0, 0.1) is 13.8 Å². The van der Waals surface area contributed by atoms with Crippen LogP contribution in [0.1, 0.15) is 34.8 Å². The Kier molecular flexibility index (Phi) is 5.06. The SMILES string of the molecule is Cc1cc(OC2CCCN(C(=O)c3cc(-c4ccccc4)on3)C2)nc(C)n1. The Morgan fingerprint density at radius 3 is 2.79 bits per heavy atom. The average molecular weight is 378 g/mol. The van der Waals surface area contributed by atoms with Crippen LogP contribution in [0.5, 0.6) is 5.88 Å². The van der Waals surface area contributed by atoms with Gasteiger partial charge in [0, 0.05) is 29.9 Å². The number of aromatic nitrogens is 3. The minimum absolute atomic E-state index is 0.105. The lowest BCUT2D eigenvalue weighted by Gasteiger charge is -2.32. The number of ether oxygens (including phenoxy) is 1. The first kappa shape index (κ1) is 18.2. The minimum Gasteiger partial charge on any atom is -0.472 e. The molecule has 1 aliphatic heterocycles. The third-order valence-electron chi connectivity index (χ3n) is 4.68. The number of hydrogen-bond donors (Lipinski definition) is 0. The molecule has 3 heterocycles. The number of carbonyl (C=O) groups excluding carboxylic acids is 1. The van der Waals surface area contributed by atoms with Gasteiger partial charge < -0.3 is 14.2 Å². The summed E-state index contributed by atoms with van der Waals surface area (Å²) in [4.78, 5) is 23.2. The van der Waals surface area contributed by atoms with Gasteiger partial charge in [-0.3, -0.25) is 4.79 Å². The van der Waals surface area contributed by atoms with Crippen LogP contribution in [0.3, 0.4) is 0 Å². The Hall–Kier alpha value is -3.22. The summed E-state index contributed by atoms with van der Waals surface area (Å²) in [5.74, 6) is 1.67. The third-order valence-corrected chi connectivity index (χ3v) is 4.68. The Balaban J connectivity index is 1.44. The molecule has 1 saturated heterocycles. The van der Waals surface area contributed by atoms with Crippen molar-refractivity contribution in [2.24, 2.45) is 0 Å². The third kappa shape index (κ3) is 4.03. The lowest BCUT2D eigenvalue weighted by Crippen LogP contribution is -2.44. The lowest BCUT2D eigenvalue weighted by molar-refractivity contribution is 0.0518. The molecule has 144 valence electrons. The maximum absolute atomic E-state index is 12.9. The summed E-state index contributed by atoms with van der Waals surface area (Å²) in [6, 6.07) is 13.1. The number of likely N-dealkylation sites (tertiary alicyclic amines) is 1. The van der Waals surface area contributed by atoms with E-state index in [-0.39, 0.29) is 12.0 Å². The highest BCUT2D eigenvalue weighted by atomic mass is 16.5. The second kappa shape index (κ2) is 7.80. The summed E-state index contributed by atoms with van der Waals surface area (Å²) in [5, 5.41) is 3.97. The zero-order valence-corrected chi connectivity index (χ0v) is 16.0. The molecule has 4 rings (SSSR count). The zero-order valence-electron chi connectivity index (χ0n) is 16.0. The van der Waals surface area contributed by atoms with E-state index < -0.39 is 0 Å². The minimum atomic E-state index is -0.144. The predicted octanol–water partition coefficient (Wildman–Crippen LogP) is 3.43. The van der Waals surface area contributed by atoms with Crippen molar-refractivity contribution in [1.82, 2.24) is 20.0 Å². The number of nitrogens with zero attached hydrogens (tertiary/aromatic N) is 4. The van der Waals surface area contributed by atoms with E-state index >= 15 is 0 Å². The summed E-state index contributed by atoms with van der Waals surface area (Å²) in [7, 11) is 0. The van der Waals surface area contributed by atoms with Crippen LogP contribution in [0.25, 0.3) is 11.3 Å². The lowest BCUT2D eigenvalue weighted by atomic mass is 10.1. The van der Waals surface area contributed by atoms with Crippen molar-refractivity contribution in [3.8, 4) is 17.2 Å². The monoisotopic (exact) mass is 378 g/mol. The zero-order chi connectivity index (χ0) is 19.5. The van der Waals surface area contributed by atoms with Gasteiger partial charge in [-0.2, -0.15) is 4.98 Å². The van der Waals surface area contributed by atoms with Crippen LogP contribution in [0.4, 0.5) is 0 Å². The van der Waals surface area contributed by atoms with Crippen molar-refractivity contribution in [1.29, 1.82) is 0 Å². The van der Waals surface area contributed by atoms with Crippen LogP contribution in [0.15, 0.2) is 47.0 Å². The van der Waals surface area contributed by atoms with Crippen LogP contribution in [0.2, 0.25) is 0 Å². The molecule has 1 aliphatic rings. The summed E-state index contributed by atoms with van der Waals surface area (Å²) < 4.78 is 11.4. The van der Waals surface area contributed by atoms with Gasteiger partial charge in [0.25, 0.3) is 5.91 Å². The first-order valence-electron chi connectivity index (χ1n) is 9.39. The van der Waals surface area contributed by atoms with Gasteiger partial charge >= 0.3 is 0 Å². The van der Waals surface area contributed by atoms with Crippen molar-refractivity contribution in [2.45, 2.75) is 32.8 Å². The number of carbonyl (C=O) groups is 1. The van der Waals surface area contributed by atoms with Gasteiger partial charge in [-0.25, -0.2) is 4.98 Å². The van der Waals surface area contributed by atoms with E-state index in [4.69, 9.17) is 9.26 Å². The van der Waals surface area contributed by atoms with Crippen LogP contribution in [-0.2, 0) is 0 Å². The number of benzene rings is 1. The maximum Gasteiger partial charge on any atom is 0.276 e. The number of rotatable bonds is 4. The summed E-state index contributed by atoms with van der Waals surface area (Å²) in [6.07, 6.45) is 1.63. The largest absolute Gasteiger partial charge is 0.472 e. The van der Waals surface area contributed by atoms with Crippen LogP contribution < -0.4 is 4.74 Å². The molecule has 0 bridgehead atoms. The van der Waals surface area contributed by atoms with E-state index in [1.807, 2.05) is 50.2 Å². The quantitative estimate of drug-likeness (QED) is 0.692. The molecular weight excluding hydrogens is 356 g/mol. The van der Waals surface area contributed by atoms with Gasteiger partial charge in [-0.1, -0.05) is 35.5 Å². The smallest absolute Gasteiger partial charge is 0.276 e. The number of piperidine rings is 1. The molecule has 28 heavy (non-hydrogen) atoms. The molecule has 0 saturated carbocycles. The molecule has 1 fully saturated rings. The van der Waals surface area contributed by atoms with Crippen molar-refractivity contribution in [3.63, 3.8) is 0 Å². The highest BCUT2D eigenvalue weighted by Crippen LogP contribution is 2.22. The molecule has 1 aromatic carbocycles. The summed E-state index contributed by atoms with van der Waals surface area (Å²) >= 11 is 0. The van der Waals surface area contributed by atoms with E-state index in [0.29, 0.717) is 36.2 Å². The second-order valence-corrected chi connectivity index (χ2v) is 6.97. The summed E-state index contributed by atoms with van der Waals surface area (Å²) in [5.41, 5.74) is 2.07. The van der Waals surface area contributed by atoms with E-state index in [1.165, 1.54) is 0 Å². The topological polar surface area (TPSA) is 81.4 Å². The molecular formula is C21H22N4O3. The molecule has 0 N–H and O–H groups in total. The fraction of sp³-hybridized carbons (Fsp3) is 0.333. The fourth-order valence-electron chi connectivity index (χ4n) is 3.41. The first-order chi connectivity index (χ1) is 13.6. The normalized spacial score (nSPS) is 16.8. The molecule has 3 aromatic rings. The summed E-state index contributed by atoms with van der Waals surface area (Å²) in [6.45, 7) is 4.92. The second-order valence-electron chi connectivity index (χ2n) is 6.97. The Bertz CT molecular complexity index is 951. The van der Waals surface area contributed by atoms with Gasteiger partial charge in [0.05, 0.1) is 6.54 Å². The molecule has 0 spiro atoms. The van der Waals surface area contributed by atoms with Crippen LogP contribution >= 0.6 is 0 Å². The first-order valence-corrected chi connectivity index (χ1v) is 9.39. The van der Waals surface area contributed by atoms with E-state index in [9.17, 15) is 4.79 Å².